The van der Waals surface area contributed by atoms with E-state index in [1.165, 1.54) is 0 Å². The first kappa shape index (κ1) is 18.8. The Kier molecular flexibility index (Phi) is 5.34. The molecule has 3 rings (SSSR count). The molecule has 0 spiro atoms. The fourth-order valence-corrected chi connectivity index (χ4v) is 2.48. The van der Waals surface area contributed by atoms with Crippen LogP contribution in [0.15, 0.2) is 36.4 Å². The van der Waals surface area contributed by atoms with E-state index in [1.54, 1.807) is 12.1 Å². The SMILES string of the molecule is O=C(CCc1ccc2ccccc2n1)OCc1c(F)c(F)c(F)c(F)c1F. The molecule has 8 heteroatoms. The Morgan fingerprint density at radius 2 is 1.48 bits per heavy atom. The zero-order valence-electron chi connectivity index (χ0n) is 13.7. The summed E-state index contributed by atoms with van der Waals surface area (Å²) < 4.78 is 70.9. The summed E-state index contributed by atoms with van der Waals surface area (Å²) in [5, 5.41) is 0.926. The van der Waals surface area contributed by atoms with Gasteiger partial charge >= 0.3 is 5.97 Å². The topological polar surface area (TPSA) is 39.2 Å². The summed E-state index contributed by atoms with van der Waals surface area (Å²) in [7, 11) is 0. The van der Waals surface area contributed by atoms with Crippen LogP contribution in [0.3, 0.4) is 0 Å². The van der Waals surface area contributed by atoms with E-state index in [-0.39, 0.29) is 12.8 Å². The first-order chi connectivity index (χ1) is 12.9. The highest BCUT2D eigenvalue weighted by atomic mass is 19.2. The molecule has 1 aromatic heterocycles. The van der Waals surface area contributed by atoms with E-state index in [1.807, 2.05) is 24.3 Å². The van der Waals surface area contributed by atoms with Crippen LogP contribution >= 0.6 is 0 Å². The van der Waals surface area contributed by atoms with Crippen LogP contribution in [0.2, 0.25) is 0 Å². The van der Waals surface area contributed by atoms with Crippen molar-refractivity contribution in [3.8, 4) is 0 Å². The molecule has 140 valence electrons. The number of pyridine rings is 1. The monoisotopic (exact) mass is 381 g/mol. The molecular formula is C19H12F5NO2. The van der Waals surface area contributed by atoms with Crippen molar-refractivity contribution < 1.29 is 31.5 Å². The second-order valence-corrected chi connectivity index (χ2v) is 5.70. The van der Waals surface area contributed by atoms with Gasteiger partial charge in [0.15, 0.2) is 23.3 Å². The number of para-hydroxylation sites is 1. The van der Waals surface area contributed by atoms with E-state index in [0.29, 0.717) is 5.69 Å². The van der Waals surface area contributed by atoms with Gasteiger partial charge in [0.25, 0.3) is 0 Å². The Bertz CT molecular complexity index is 993. The van der Waals surface area contributed by atoms with Crippen molar-refractivity contribution in [2.24, 2.45) is 0 Å². The number of benzene rings is 2. The minimum absolute atomic E-state index is 0.166. The molecule has 0 aliphatic heterocycles. The number of halogens is 5. The summed E-state index contributed by atoms with van der Waals surface area (Å²) >= 11 is 0. The fraction of sp³-hybridized carbons (Fsp3) is 0.158. The van der Waals surface area contributed by atoms with Crippen LogP contribution in [0, 0.1) is 29.1 Å². The number of hydrogen-bond acceptors (Lipinski definition) is 3. The standard InChI is InChI=1S/C19H12F5NO2/c20-15-12(16(21)18(23)19(24)17(15)22)9-27-14(26)8-7-11-6-5-10-3-1-2-4-13(10)25-11/h1-6H,7-9H2. The van der Waals surface area contributed by atoms with Gasteiger partial charge in [-0.3, -0.25) is 9.78 Å². The minimum atomic E-state index is -2.26. The fourth-order valence-electron chi connectivity index (χ4n) is 2.48. The Morgan fingerprint density at radius 1 is 0.852 bits per heavy atom. The van der Waals surface area contributed by atoms with Gasteiger partial charge in [-0.15, -0.1) is 0 Å². The van der Waals surface area contributed by atoms with Crippen LogP contribution in [0.1, 0.15) is 17.7 Å². The number of aryl methyl sites for hydroxylation is 1. The third-order valence-electron chi connectivity index (χ3n) is 3.92. The number of rotatable bonds is 5. The predicted octanol–water partition coefficient (Wildman–Crippen LogP) is 4.61. The largest absolute Gasteiger partial charge is 0.461 e. The lowest BCUT2D eigenvalue weighted by atomic mass is 10.1. The van der Waals surface area contributed by atoms with E-state index >= 15 is 0 Å². The normalized spacial score (nSPS) is 11.0. The first-order valence-corrected chi connectivity index (χ1v) is 7.89. The van der Waals surface area contributed by atoms with Gasteiger partial charge in [0.05, 0.1) is 17.5 Å². The molecule has 0 aliphatic rings. The molecule has 0 fully saturated rings. The van der Waals surface area contributed by atoms with Gasteiger partial charge in [-0.25, -0.2) is 22.0 Å². The molecule has 0 saturated carbocycles. The molecule has 0 N–H and O–H groups in total. The molecule has 0 saturated heterocycles. The van der Waals surface area contributed by atoms with Gasteiger partial charge in [-0.05, 0) is 12.1 Å². The van der Waals surface area contributed by atoms with Gasteiger partial charge in [0, 0.05) is 17.5 Å². The number of nitrogens with zero attached hydrogens (tertiary/aromatic N) is 1. The van der Waals surface area contributed by atoms with Crippen molar-refractivity contribution >= 4 is 16.9 Å². The Balaban J connectivity index is 1.63. The highest BCUT2D eigenvalue weighted by molar-refractivity contribution is 5.78. The van der Waals surface area contributed by atoms with Crippen molar-refractivity contribution in [3.05, 3.63) is 76.7 Å². The van der Waals surface area contributed by atoms with E-state index in [0.717, 1.165) is 10.9 Å². The Hall–Kier alpha value is -3.03. The van der Waals surface area contributed by atoms with Crippen molar-refractivity contribution in [2.75, 3.05) is 0 Å². The van der Waals surface area contributed by atoms with E-state index in [2.05, 4.69) is 9.72 Å². The Labute approximate surface area is 150 Å². The molecule has 0 atom stereocenters. The Morgan fingerprint density at radius 3 is 2.19 bits per heavy atom. The summed E-state index contributed by atoms with van der Waals surface area (Å²) in [4.78, 5) is 16.1. The molecule has 3 aromatic rings. The smallest absolute Gasteiger partial charge is 0.306 e. The molecule has 27 heavy (non-hydrogen) atoms. The van der Waals surface area contributed by atoms with Crippen molar-refractivity contribution in [3.63, 3.8) is 0 Å². The highest BCUT2D eigenvalue weighted by Crippen LogP contribution is 2.23. The van der Waals surface area contributed by atoms with Gasteiger partial charge in [-0.1, -0.05) is 24.3 Å². The molecule has 1 heterocycles. The van der Waals surface area contributed by atoms with Gasteiger partial charge in [0.1, 0.15) is 6.61 Å². The van der Waals surface area contributed by atoms with Gasteiger partial charge < -0.3 is 4.74 Å². The third kappa shape index (κ3) is 3.89. The zero-order chi connectivity index (χ0) is 19.6. The van der Waals surface area contributed by atoms with Crippen LogP contribution in [0.25, 0.3) is 10.9 Å². The maximum Gasteiger partial charge on any atom is 0.306 e. The van der Waals surface area contributed by atoms with Crippen LogP contribution < -0.4 is 0 Å². The average molecular weight is 381 g/mol. The van der Waals surface area contributed by atoms with Crippen LogP contribution in [0.5, 0.6) is 0 Å². The van der Waals surface area contributed by atoms with E-state index < -0.39 is 47.2 Å². The molecule has 2 aromatic carbocycles. The molecule has 0 amide bonds. The number of carbonyl (C=O) groups excluding carboxylic acids is 1. The van der Waals surface area contributed by atoms with Crippen molar-refractivity contribution in [1.82, 2.24) is 4.98 Å². The molecule has 0 radical (unpaired) electrons. The molecule has 0 bridgehead atoms. The summed E-state index contributed by atoms with van der Waals surface area (Å²) in [6.45, 7) is -1.06. The van der Waals surface area contributed by atoms with Crippen molar-refractivity contribution in [2.45, 2.75) is 19.4 Å². The van der Waals surface area contributed by atoms with E-state index in [9.17, 15) is 26.7 Å². The number of carbonyl (C=O) groups is 1. The number of ether oxygens (including phenoxy) is 1. The van der Waals surface area contributed by atoms with Gasteiger partial charge in [-0.2, -0.15) is 0 Å². The molecule has 0 unspecified atom stereocenters. The lowest BCUT2D eigenvalue weighted by Crippen LogP contribution is -2.12. The number of fused-ring (bicyclic) bond motifs is 1. The first-order valence-electron chi connectivity index (χ1n) is 7.89. The number of hydrogen-bond donors (Lipinski definition) is 0. The number of esters is 1. The van der Waals surface area contributed by atoms with Crippen LogP contribution in [-0.2, 0) is 22.6 Å². The van der Waals surface area contributed by atoms with Crippen LogP contribution in [-0.4, -0.2) is 11.0 Å². The number of aromatic nitrogens is 1. The third-order valence-corrected chi connectivity index (χ3v) is 3.92. The summed E-state index contributed by atoms with van der Waals surface area (Å²) in [6.07, 6.45) is 0.0293. The second kappa shape index (κ2) is 7.69. The summed E-state index contributed by atoms with van der Waals surface area (Å²) in [5.74, 6) is -11.3. The predicted molar refractivity (Wildman–Crippen MR) is 86.1 cm³/mol. The lowest BCUT2D eigenvalue weighted by Gasteiger charge is -2.09. The van der Waals surface area contributed by atoms with E-state index in [4.69, 9.17) is 0 Å². The molecule has 0 aliphatic carbocycles. The highest BCUT2D eigenvalue weighted by Gasteiger charge is 2.26. The second-order valence-electron chi connectivity index (χ2n) is 5.70. The maximum absolute atomic E-state index is 13.5. The summed E-state index contributed by atoms with van der Waals surface area (Å²) in [6, 6.07) is 10.9. The lowest BCUT2D eigenvalue weighted by molar-refractivity contribution is -0.145. The van der Waals surface area contributed by atoms with Gasteiger partial charge in [0.2, 0.25) is 5.82 Å². The molecular weight excluding hydrogens is 369 g/mol. The van der Waals surface area contributed by atoms with Crippen LogP contribution in [0.4, 0.5) is 22.0 Å². The zero-order valence-corrected chi connectivity index (χ0v) is 13.7. The minimum Gasteiger partial charge on any atom is -0.461 e. The average Bonchev–Trinajstić information content (AvgIpc) is 2.69. The van der Waals surface area contributed by atoms with Crippen molar-refractivity contribution in [1.29, 1.82) is 0 Å². The maximum atomic E-state index is 13.5. The quantitative estimate of drug-likeness (QED) is 0.281. The summed E-state index contributed by atoms with van der Waals surface area (Å²) in [5.41, 5.74) is 0.148. The molecule has 3 nitrogen and oxygen atoms in total.